The second-order valence-corrected chi connectivity index (χ2v) is 8.13. The second-order valence-electron chi connectivity index (χ2n) is 8.13. The molecule has 3 aliphatic rings. The SMILES string of the molecule is C=C1CC[C@@H]2[C@](C)(CO)[C@H](O)CC[C@@]2(C)[C@@H]1CC=C1C=COC1=O. The van der Waals surface area contributed by atoms with Gasteiger partial charge in [0.1, 0.15) is 0 Å². The number of fused-ring (bicyclic) bond motifs is 1. The Balaban J connectivity index is 1.89. The third kappa shape index (κ3) is 2.56. The summed E-state index contributed by atoms with van der Waals surface area (Å²) in [6.07, 6.45) is 8.86. The summed E-state index contributed by atoms with van der Waals surface area (Å²) in [5.41, 5.74) is 1.34. The largest absolute Gasteiger partial charge is 0.431 e. The summed E-state index contributed by atoms with van der Waals surface area (Å²) in [7, 11) is 0. The number of cyclic esters (lactones) is 1. The van der Waals surface area contributed by atoms with E-state index in [1.165, 1.54) is 11.8 Å². The molecule has 0 unspecified atom stereocenters. The molecule has 0 bridgehead atoms. The average molecular weight is 332 g/mol. The van der Waals surface area contributed by atoms with Crippen LogP contribution in [0.25, 0.3) is 0 Å². The highest BCUT2D eigenvalue weighted by Crippen LogP contribution is 2.61. The Morgan fingerprint density at radius 2 is 2.17 bits per heavy atom. The molecule has 2 fully saturated rings. The molecule has 0 aromatic rings. The number of rotatable bonds is 3. The number of esters is 1. The van der Waals surface area contributed by atoms with E-state index in [0.717, 1.165) is 25.7 Å². The van der Waals surface area contributed by atoms with Crippen molar-refractivity contribution in [2.24, 2.45) is 22.7 Å². The first-order valence-electron chi connectivity index (χ1n) is 8.87. The number of aliphatic hydroxyl groups is 2. The van der Waals surface area contributed by atoms with Crippen LogP contribution in [0.15, 0.2) is 36.1 Å². The van der Waals surface area contributed by atoms with E-state index in [-0.39, 0.29) is 29.8 Å². The van der Waals surface area contributed by atoms with Crippen LogP contribution in [0, 0.1) is 22.7 Å². The minimum Gasteiger partial charge on any atom is -0.431 e. The summed E-state index contributed by atoms with van der Waals surface area (Å²) in [5.74, 6) is 0.208. The Morgan fingerprint density at radius 3 is 2.79 bits per heavy atom. The summed E-state index contributed by atoms with van der Waals surface area (Å²) in [6, 6.07) is 0. The maximum absolute atomic E-state index is 11.6. The summed E-state index contributed by atoms with van der Waals surface area (Å²) < 4.78 is 4.85. The van der Waals surface area contributed by atoms with Gasteiger partial charge in [-0.05, 0) is 55.4 Å². The molecule has 2 aliphatic carbocycles. The molecule has 0 aromatic carbocycles. The topological polar surface area (TPSA) is 66.8 Å². The summed E-state index contributed by atoms with van der Waals surface area (Å²) >= 11 is 0. The molecule has 3 rings (SSSR count). The van der Waals surface area contributed by atoms with Crippen molar-refractivity contribution in [2.75, 3.05) is 6.61 Å². The molecule has 4 heteroatoms. The van der Waals surface area contributed by atoms with Gasteiger partial charge in [-0.15, -0.1) is 0 Å². The van der Waals surface area contributed by atoms with E-state index in [4.69, 9.17) is 4.74 Å². The number of allylic oxidation sites excluding steroid dienone is 2. The second kappa shape index (κ2) is 6.16. The Hall–Kier alpha value is -1.39. The van der Waals surface area contributed by atoms with Crippen molar-refractivity contribution in [1.29, 1.82) is 0 Å². The zero-order valence-corrected chi connectivity index (χ0v) is 14.6. The predicted molar refractivity (Wildman–Crippen MR) is 91.8 cm³/mol. The molecule has 0 spiro atoms. The van der Waals surface area contributed by atoms with Gasteiger partial charge in [0.25, 0.3) is 0 Å². The van der Waals surface area contributed by atoms with Gasteiger partial charge in [-0.1, -0.05) is 32.1 Å². The first kappa shape index (κ1) is 17.4. The van der Waals surface area contributed by atoms with Gasteiger partial charge in [-0.2, -0.15) is 0 Å². The monoisotopic (exact) mass is 332 g/mol. The maximum atomic E-state index is 11.6. The normalized spacial score (nSPS) is 43.8. The minimum atomic E-state index is -0.467. The third-order valence-corrected chi connectivity index (χ3v) is 6.93. The maximum Gasteiger partial charge on any atom is 0.342 e. The van der Waals surface area contributed by atoms with Gasteiger partial charge in [-0.25, -0.2) is 4.79 Å². The summed E-state index contributed by atoms with van der Waals surface area (Å²) in [6.45, 7) is 8.59. The number of carbonyl (C=O) groups is 1. The minimum absolute atomic E-state index is 0.00374. The van der Waals surface area contributed by atoms with Gasteiger partial charge in [0, 0.05) is 5.41 Å². The fourth-order valence-corrected chi connectivity index (χ4v) is 5.34. The van der Waals surface area contributed by atoms with Crippen molar-refractivity contribution < 1.29 is 19.7 Å². The van der Waals surface area contributed by atoms with Gasteiger partial charge in [-0.3, -0.25) is 0 Å². The molecule has 0 radical (unpaired) electrons. The number of hydrogen-bond donors (Lipinski definition) is 2. The van der Waals surface area contributed by atoms with Crippen LogP contribution < -0.4 is 0 Å². The molecule has 0 saturated heterocycles. The highest BCUT2D eigenvalue weighted by Gasteiger charge is 2.57. The van der Waals surface area contributed by atoms with Crippen molar-refractivity contribution in [3.8, 4) is 0 Å². The van der Waals surface area contributed by atoms with Crippen LogP contribution in [0.5, 0.6) is 0 Å². The molecule has 0 amide bonds. The van der Waals surface area contributed by atoms with Crippen LogP contribution in [0.2, 0.25) is 0 Å². The lowest BCUT2D eigenvalue weighted by molar-refractivity contribution is -0.151. The van der Waals surface area contributed by atoms with Crippen LogP contribution in [0.3, 0.4) is 0 Å². The zero-order valence-electron chi connectivity index (χ0n) is 14.6. The predicted octanol–water partition coefficient (Wildman–Crippen LogP) is 3.12. The lowest BCUT2D eigenvalue weighted by Crippen LogP contribution is -2.57. The van der Waals surface area contributed by atoms with Crippen LogP contribution in [-0.2, 0) is 9.53 Å². The lowest BCUT2D eigenvalue weighted by Gasteiger charge is -2.59. The standard InChI is InChI=1S/C20H28O4/c1-13-4-7-16-19(2,10-8-17(22)20(16,3)12-21)15(13)6-5-14-9-11-24-18(14)23/h5,9,11,15-17,21-22H,1,4,6-8,10,12H2,2-3H3/t15-,16+,17-,19+,20+/m1/s1. The molecular formula is C20H28O4. The molecule has 1 aliphatic heterocycles. The molecule has 132 valence electrons. The quantitative estimate of drug-likeness (QED) is 0.473. The van der Waals surface area contributed by atoms with Crippen molar-refractivity contribution >= 4 is 5.97 Å². The van der Waals surface area contributed by atoms with E-state index in [0.29, 0.717) is 12.0 Å². The Kier molecular flexibility index (Phi) is 4.47. The molecule has 5 atom stereocenters. The molecule has 24 heavy (non-hydrogen) atoms. The fraction of sp³-hybridized carbons (Fsp3) is 0.650. The molecule has 2 N–H and O–H groups in total. The van der Waals surface area contributed by atoms with Gasteiger partial charge in [0.2, 0.25) is 0 Å². The first-order valence-corrected chi connectivity index (χ1v) is 8.87. The van der Waals surface area contributed by atoms with E-state index < -0.39 is 11.5 Å². The Bertz CT molecular complexity index is 605. The van der Waals surface area contributed by atoms with Crippen molar-refractivity contribution in [1.82, 2.24) is 0 Å². The van der Waals surface area contributed by atoms with Crippen LogP contribution in [0.1, 0.15) is 46.0 Å². The number of hydrogen-bond acceptors (Lipinski definition) is 4. The van der Waals surface area contributed by atoms with E-state index in [1.807, 2.05) is 13.0 Å². The number of carbonyl (C=O) groups excluding carboxylic acids is 1. The zero-order chi connectivity index (χ0) is 17.5. The highest BCUT2D eigenvalue weighted by molar-refractivity contribution is 5.94. The van der Waals surface area contributed by atoms with Crippen molar-refractivity contribution in [3.63, 3.8) is 0 Å². The van der Waals surface area contributed by atoms with Gasteiger partial charge < -0.3 is 14.9 Å². The fourth-order valence-electron chi connectivity index (χ4n) is 5.34. The highest BCUT2D eigenvalue weighted by atomic mass is 16.5. The van der Waals surface area contributed by atoms with Crippen LogP contribution in [0.4, 0.5) is 0 Å². The van der Waals surface area contributed by atoms with Crippen LogP contribution in [-0.4, -0.2) is 28.9 Å². The lowest BCUT2D eigenvalue weighted by atomic mass is 9.46. The van der Waals surface area contributed by atoms with Crippen LogP contribution >= 0.6 is 0 Å². The van der Waals surface area contributed by atoms with E-state index >= 15 is 0 Å². The van der Waals surface area contributed by atoms with Gasteiger partial charge >= 0.3 is 5.97 Å². The van der Waals surface area contributed by atoms with Crippen molar-refractivity contribution in [3.05, 3.63) is 36.1 Å². The van der Waals surface area contributed by atoms with E-state index in [1.54, 1.807) is 6.08 Å². The molecule has 4 nitrogen and oxygen atoms in total. The average Bonchev–Trinajstić information content (AvgIpc) is 2.96. The molecule has 0 aromatic heterocycles. The number of ether oxygens (including phenoxy) is 1. The Labute approximate surface area is 143 Å². The Morgan fingerprint density at radius 1 is 1.42 bits per heavy atom. The molecule has 2 saturated carbocycles. The first-order chi connectivity index (χ1) is 11.3. The third-order valence-electron chi connectivity index (χ3n) is 6.93. The smallest absolute Gasteiger partial charge is 0.342 e. The van der Waals surface area contributed by atoms with Gasteiger partial charge in [0.15, 0.2) is 0 Å². The number of aliphatic hydroxyl groups excluding tert-OH is 2. The summed E-state index contributed by atoms with van der Waals surface area (Å²) in [4.78, 5) is 11.6. The van der Waals surface area contributed by atoms with E-state index in [2.05, 4.69) is 13.5 Å². The molecule has 1 heterocycles. The summed E-state index contributed by atoms with van der Waals surface area (Å²) in [5, 5.41) is 20.5. The van der Waals surface area contributed by atoms with E-state index in [9.17, 15) is 15.0 Å². The van der Waals surface area contributed by atoms with Crippen molar-refractivity contribution in [2.45, 2.75) is 52.1 Å². The van der Waals surface area contributed by atoms with Gasteiger partial charge in [0.05, 0.1) is 24.5 Å². The molecular weight excluding hydrogens is 304 g/mol.